The summed E-state index contributed by atoms with van der Waals surface area (Å²) in [6.07, 6.45) is 1.61. The van der Waals surface area contributed by atoms with Crippen LogP contribution in [0.15, 0.2) is 41.4 Å². The van der Waals surface area contributed by atoms with Gasteiger partial charge in [-0.2, -0.15) is 0 Å². The third-order valence-electron chi connectivity index (χ3n) is 3.32. The molecule has 1 aliphatic heterocycles. The third kappa shape index (κ3) is 13.2. The van der Waals surface area contributed by atoms with E-state index in [-0.39, 0.29) is 22.3 Å². The molecular formula is C16H21ClN3NiO5. The van der Waals surface area contributed by atoms with Crippen LogP contribution in [0.4, 0.5) is 0 Å². The van der Waals surface area contributed by atoms with Crippen molar-refractivity contribution in [3.05, 3.63) is 47.3 Å². The van der Waals surface area contributed by atoms with Gasteiger partial charge in [-0.05, 0) is 31.7 Å². The van der Waals surface area contributed by atoms with E-state index >= 15 is 0 Å². The van der Waals surface area contributed by atoms with E-state index in [2.05, 4.69) is 15.2 Å². The van der Waals surface area contributed by atoms with E-state index in [0.29, 0.717) is 5.56 Å². The predicted molar refractivity (Wildman–Crippen MR) is 81.9 cm³/mol. The van der Waals surface area contributed by atoms with Crippen LogP contribution in [0.5, 0.6) is 0 Å². The standard InChI is InChI=1S/C16H22N3O.ClHO4.Ni/c1-14(13-16(20)15-5-3-2-4-6-15)18-9-12-19-10-7-17-8-11-19;2-1(3,4)5;/h2-6,13,20H,7-12H2,1H3;(H,2,3,4,5);/q-1;;+3/p-2/b16-13-,18-14?;;. The number of hydrogen-bond donors (Lipinski definition) is 0. The minimum Gasteiger partial charge on any atom is -0.872 e. The van der Waals surface area contributed by atoms with E-state index in [1.165, 1.54) is 0 Å². The van der Waals surface area contributed by atoms with E-state index < -0.39 is 10.2 Å². The zero-order valence-electron chi connectivity index (χ0n) is 14.3. The van der Waals surface area contributed by atoms with Crippen LogP contribution < -0.4 is 23.7 Å². The van der Waals surface area contributed by atoms with E-state index in [4.69, 9.17) is 18.6 Å². The van der Waals surface area contributed by atoms with Crippen LogP contribution in [0.1, 0.15) is 12.5 Å². The Morgan fingerprint density at radius 3 is 2.23 bits per heavy atom. The molecule has 1 radical (unpaired) electrons. The van der Waals surface area contributed by atoms with Gasteiger partial charge in [-0.25, -0.2) is 18.6 Å². The summed E-state index contributed by atoms with van der Waals surface area (Å²) in [6, 6.07) is 9.29. The summed E-state index contributed by atoms with van der Waals surface area (Å²) in [5.41, 5.74) is 1.50. The second-order valence-corrected chi connectivity index (χ2v) is 6.04. The van der Waals surface area contributed by atoms with Crippen LogP contribution in [0.2, 0.25) is 0 Å². The summed E-state index contributed by atoms with van der Waals surface area (Å²) >= 11 is 0. The van der Waals surface area contributed by atoms with Gasteiger partial charge < -0.3 is 15.3 Å². The minimum absolute atomic E-state index is 0. The first kappa shape index (κ1) is 25.0. The van der Waals surface area contributed by atoms with Crippen molar-refractivity contribution < 1.29 is 50.5 Å². The molecule has 0 spiro atoms. The van der Waals surface area contributed by atoms with Crippen molar-refractivity contribution in [2.24, 2.45) is 4.99 Å². The normalized spacial score (nSPS) is 16.3. The van der Waals surface area contributed by atoms with Crippen molar-refractivity contribution in [3.8, 4) is 0 Å². The van der Waals surface area contributed by atoms with E-state index in [1.807, 2.05) is 37.3 Å². The Kier molecular flexibility index (Phi) is 12.7. The zero-order valence-corrected chi connectivity index (χ0v) is 16.0. The topological polar surface area (TPSA) is 145 Å². The third-order valence-corrected chi connectivity index (χ3v) is 3.32. The van der Waals surface area contributed by atoms with Crippen LogP contribution in [-0.2, 0) is 16.5 Å². The molecule has 10 heteroatoms. The number of nitrogens with zero attached hydrogens (tertiary/aromatic N) is 3. The molecule has 0 saturated carbocycles. The number of aliphatic imine (C=N–C) groups is 1. The minimum atomic E-state index is -4.94. The Morgan fingerprint density at radius 2 is 1.69 bits per heavy atom. The molecule has 1 heterocycles. The molecule has 0 amide bonds. The van der Waals surface area contributed by atoms with Gasteiger partial charge in [0.15, 0.2) is 0 Å². The Hall–Kier alpha value is -1.03. The molecule has 1 fully saturated rings. The Labute approximate surface area is 165 Å². The fourth-order valence-corrected chi connectivity index (χ4v) is 2.16. The van der Waals surface area contributed by atoms with Crippen LogP contribution in [0, 0.1) is 10.2 Å². The number of rotatable bonds is 5. The van der Waals surface area contributed by atoms with Crippen molar-refractivity contribution in [2.75, 3.05) is 39.3 Å². The molecular weight excluding hydrogens is 408 g/mol. The second-order valence-electron chi connectivity index (χ2n) is 5.29. The summed E-state index contributed by atoms with van der Waals surface area (Å²) in [7, 11) is -4.94. The number of benzene rings is 1. The summed E-state index contributed by atoms with van der Waals surface area (Å²) in [4.78, 5) is 6.82. The van der Waals surface area contributed by atoms with Crippen LogP contribution in [-0.4, -0.2) is 49.9 Å². The predicted octanol–water partition coefficient (Wildman–Crippen LogP) is -3.22. The first-order chi connectivity index (χ1) is 11.8. The molecule has 147 valence electrons. The number of allylic oxidation sites excluding steroid dienone is 1. The molecule has 0 N–H and O–H groups in total. The van der Waals surface area contributed by atoms with Crippen molar-refractivity contribution in [1.29, 1.82) is 0 Å². The van der Waals surface area contributed by atoms with Gasteiger partial charge in [-0.15, -0.1) is 23.3 Å². The molecule has 0 unspecified atom stereocenters. The van der Waals surface area contributed by atoms with Gasteiger partial charge in [0.05, 0.1) is 6.54 Å². The molecule has 1 aliphatic rings. The quantitative estimate of drug-likeness (QED) is 0.273. The van der Waals surface area contributed by atoms with Crippen LogP contribution in [0.3, 0.4) is 0 Å². The van der Waals surface area contributed by atoms with Crippen LogP contribution >= 0.6 is 0 Å². The molecule has 8 nitrogen and oxygen atoms in total. The average molecular weight is 430 g/mol. The SMILES string of the molecule is CC(/C=C(\[O-])c1ccccc1)=NCCN1CC[N-]CC1.[Ni+3].[O-][Cl+3]([O-])([O-])[O-]. The fourth-order valence-electron chi connectivity index (χ4n) is 2.16. The maximum Gasteiger partial charge on any atom is 3.00 e. The molecule has 1 saturated heterocycles. The first-order valence-corrected chi connectivity index (χ1v) is 8.91. The smallest absolute Gasteiger partial charge is 0.872 e. The fraction of sp³-hybridized carbons (Fsp3) is 0.438. The van der Waals surface area contributed by atoms with Crippen molar-refractivity contribution >= 4 is 11.5 Å². The summed E-state index contributed by atoms with van der Waals surface area (Å²) < 4.78 is 34.0. The van der Waals surface area contributed by atoms with E-state index in [9.17, 15) is 5.11 Å². The molecule has 0 aromatic heterocycles. The summed E-state index contributed by atoms with van der Waals surface area (Å²) in [5, 5.41) is 16.3. The van der Waals surface area contributed by atoms with Crippen molar-refractivity contribution in [2.45, 2.75) is 6.92 Å². The second kappa shape index (κ2) is 13.2. The maximum atomic E-state index is 12.0. The Balaban J connectivity index is 0.000000923. The maximum absolute atomic E-state index is 12.0. The zero-order chi connectivity index (χ0) is 18.7. The molecule has 1 aromatic carbocycles. The van der Waals surface area contributed by atoms with Gasteiger partial charge in [0.25, 0.3) is 0 Å². The van der Waals surface area contributed by atoms with Gasteiger partial charge in [0.2, 0.25) is 0 Å². The van der Waals surface area contributed by atoms with Gasteiger partial charge in [-0.3, -0.25) is 4.99 Å². The number of hydrogen-bond acceptors (Lipinski definition) is 7. The van der Waals surface area contributed by atoms with Gasteiger partial charge in [0, 0.05) is 12.3 Å². The van der Waals surface area contributed by atoms with E-state index in [1.54, 1.807) is 6.08 Å². The van der Waals surface area contributed by atoms with Gasteiger partial charge in [0.1, 0.15) is 0 Å². The Morgan fingerprint density at radius 1 is 1.15 bits per heavy atom. The average Bonchev–Trinajstić information content (AvgIpc) is 2.55. The van der Waals surface area contributed by atoms with Crippen molar-refractivity contribution in [3.63, 3.8) is 0 Å². The number of piperazine rings is 1. The van der Waals surface area contributed by atoms with Gasteiger partial charge in [-0.1, -0.05) is 36.1 Å². The molecule has 26 heavy (non-hydrogen) atoms. The number of halogens is 1. The largest absolute Gasteiger partial charge is 3.00 e. The monoisotopic (exact) mass is 428 g/mol. The van der Waals surface area contributed by atoms with Gasteiger partial charge >= 0.3 is 16.5 Å². The molecule has 0 bridgehead atoms. The molecule has 2 rings (SSSR count). The molecule has 0 atom stereocenters. The van der Waals surface area contributed by atoms with Crippen LogP contribution in [0.25, 0.3) is 11.1 Å². The molecule has 0 aliphatic carbocycles. The van der Waals surface area contributed by atoms with Crippen molar-refractivity contribution in [1.82, 2.24) is 4.90 Å². The summed E-state index contributed by atoms with van der Waals surface area (Å²) in [6.45, 7) is 7.49. The van der Waals surface area contributed by atoms with E-state index in [0.717, 1.165) is 45.0 Å². The molecule has 1 aromatic rings. The summed E-state index contributed by atoms with van der Waals surface area (Å²) in [5.74, 6) is 0.0172. The Bertz CT molecular complexity index is 555. The first-order valence-electron chi connectivity index (χ1n) is 7.68.